The topological polar surface area (TPSA) is 0 Å². The molecular weight excluding hydrogens is 84.1 g/mol. The molecule has 0 heteroatoms. The molecule has 44 valence electrons. The first-order valence-electron chi connectivity index (χ1n) is 4.09. The molecule has 0 saturated carbocycles. The fourth-order valence-electron chi connectivity index (χ4n) is 0.408. The van der Waals surface area contributed by atoms with Crippen LogP contribution in [-0.4, -0.2) is 0 Å². The molecule has 0 aromatic carbocycles. The summed E-state index contributed by atoms with van der Waals surface area (Å²) in [6, 6.07) is 0. The molecule has 0 saturated heterocycles. The van der Waals surface area contributed by atoms with E-state index in [-0.39, 0.29) is 12.8 Å². The largest absolute Gasteiger partial charge is 0.0654 e. The zero-order valence-electron chi connectivity index (χ0n) is 7.44. The molecule has 0 aromatic heterocycles. The van der Waals surface area contributed by atoms with Gasteiger partial charge in [0.15, 0.2) is 0 Å². The smallest absolute Gasteiger partial charge is 0.0269 e. The van der Waals surface area contributed by atoms with Crippen molar-refractivity contribution in [2.45, 2.75) is 40.0 Å². The summed E-state index contributed by atoms with van der Waals surface area (Å²) in [6.07, 6.45) is 0.409. The molecule has 0 nitrogen and oxygen atoms in total. The molecule has 2 unspecified atom stereocenters. The van der Waals surface area contributed by atoms with Crippen LogP contribution in [0.15, 0.2) is 0 Å². The second kappa shape index (κ2) is 4.17. The Bertz CT molecular complexity index is 71.3. The van der Waals surface area contributed by atoms with E-state index < -0.39 is 0 Å². The van der Waals surface area contributed by atoms with Crippen molar-refractivity contribution in [3.63, 3.8) is 0 Å². The van der Waals surface area contributed by atoms with Crippen LogP contribution in [0, 0.1) is 5.92 Å². The van der Waals surface area contributed by atoms with Crippen LogP contribution in [0.4, 0.5) is 0 Å². The number of hydrogen-bond acceptors (Lipinski definition) is 0. The Morgan fingerprint density at radius 1 is 1.57 bits per heavy atom. The van der Waals surface area contributed by atoms with Gasteiger partial charge >= 0.3 is 0 Å². The molecule has 0 spiro atoms. The van der Waals surface area contributed by atoms with Crippen molar-refractivity contribution in [3.8, 4) is 0 Å². The summed E-state index contributed by atoms with van der Waals surface area (Å²) in [7, 11) is 0. The van der Waals surface area contributed by atoms with Gasteiger partial charge in [-0.15, -0.1) is 0 Å². The Morgan fingerprint density at radius 3 is 2.29 bits per heavy atom. The van der Waals surface area contributed by atoms with Crippen LogP contribution < -0.4 is 0 Å². The summed E-state index contributed by atoms with van der Waals surface area (Å²) in [6.45, 7) is 5.95. The Kier molecular flexibility index (Phi) is 2.34. The van der Waals surface area contributed by atoms with Gasteiger partial charge in [-0.25, -0.2) is 0 Å². The number of rotatable bonds is 3. The third-order valence-electron chi connectivity index (χ3n) is 0.757. The molecule has 0 heterocycles. The van der Waals surface area contributed by atoms with Crippen LogP contribution in [0.5, 0.6) is 0 Å². The zero-order valence-corrected chi connectivity index (χ0v) is 5.44. The maximum absolute atomic E-state index is 7.45. The second-order valence-electron chi connectivity index (χ2n) is 2.08. The van der Waals surface area contributed by atoms with E-state index in [0.717, 1.165) is 6.42 Å². The highest BCUT2D eigenvalue weighted by Gasteiger charge is 1.88. The summed E-state index contributed by atoms with van der Waals surface area (Å²) in [4.78, 5) is 0. The minimum Gasteiger partial charge on any atom is -0.0654 e. The van der Waals surface area contributed by atoms with E-state index in [1.807, 2.05) is 20.8 Å². The normalized spacial score (nSPS) is 23.4. The summed E-state index contributed by atoms with van der Waals surface area (Å²) in [5, 5.41) is 0. The Balaban J connectivity index is 3.58. The first-order valence-corrected chi connectivity index (χ1v) is 2.94. The molecule has 0 fully saturated rings. The van der Waals surface area contributed by atoms with Crippen molar-refractivity contribution >= 4 is 0 Å². The first-order chi connectivity index (χ1) is 4.09. The lowest BCUT2D eigenvalue weighted by molar-refractivity contribution is 0.550. The third kappa shape index (κ3) is 6.00. The second-order valence-corrected chi connectivity index (χ2v) is 2.08. The lowest BCUT2D eigenvalue weighted by Crippen LogP contribution is -1.83. The molecule has 0 radical (unpaired) electrons. The lowest BCUT2D eigenvalue weighted by Gasteiger charge is -1.98. The molecule has 0 bridgehead atoms. The van der Waals surface area contributed by atoms with E-state index in [0.29, 0.717) is 5.92 Å². The van der Waals surface area contributed by atoms with Crippen molar-refractivity contribution in [1.82, 2.24) is 0 Å². The Morgan fingerprint density at radius 2 is 2.14 bits per heavy atom. The van der Waals surface area contributed by atoms with Gasteiger partial charge < -0.3 is 0 Å². The van der Waals surface area contributed by atoms with Gasteiger partial charge in [-0.05, 0) is 5.92 Å². The van der Waals surface area contributed by atoms with Crippen molar-refractivity contribution in [2.75, 3.05) is 0 Å². The average molecular weight is 102 g/mol. The minimum absolute atomic E-state index is 0.190. The van der Waals surface area contributed by atoms with E-state index in [1.54, 1.807) is 0 Å². The van der Waals surface area contributed by atoms with Crippen LogP contribution in [0.3, 0.4) is 0 Å². The Labute approximate surface area is 49.7 Å². The fraction of sp³-hybridized carbons (Fsp3) is 1.00. The minimum atomic E-state index is -0.199. The van der Waals surface area contributed by atoms with E-state index >= 15 is 0 Å². The molecular formula is C7H16. The quantitative estimate of drug-likeness (QED) is 0.514. The summed E-state index contributed by atoms with van der Waals surface area (Å²) in [5.41, 5.74) is 0. The van der Waals surface area contributed by atoms with Crippen molar-refractivity contribution in [1.29, 1.82) is 0 Å². The van der Waals surface area contributed by atoms with E-state index in [4.69, 9.17) is 2.74 Å². The number of hydrogen-bond donors (Lipinski definition) is 0. The predicted molar refractivity (Wildman–Crippen MR) is 34.4 cm³/mol. The molecule has 0 N–H and O–H groups in total. The molecule has 0 amide bonds. The van der Waals surface area contributed by atoms with Crippen LogP contribution >= 0.6 is 0 Å². The molecule has 0 aliphatic carbocycles. The molecule has 2 atom stereocenters. The average Bonchev–Trinajstić information content (AvgIpc) is 1.84. The molecule has 7 heavy (non-hydrogen) atoms. The standard InChI is InChI=1S/C7H16/c1-4-5-6-7(2)3/h7H,4-6H2,1-3H3/i5D,6D. The molecule has 0 aliphatic heterocycles. The predicted octanol–water partition coefficient (Wildman–Crippen LogP) is 2.83. The highest BCUT2D eigenvalue weighted by atomic mass is 13.9. The van der Waals surface area contributed by atoms with Gasteiger partial charge in [0.1, 0.15) is 0 Å². The van der Waals surface area contributed by atoms with E-state index in [1.165, 1.54) is 0 Å². The van der Waals surface area contributed by atoms with Crippen LogP contribution in [0.1, 0.15) is 42.7 Å². The van der Waals surface area contributed by atoms with Crippen LogP contribution in [0.25, 0.3) is 0 Å². The van der Waals surface area contributed by atoms with Crippen molar-refractivity contribution in [3.05, 3.63) is 0 Å². The van der Waals surface area contributed by atoms with Crippen LogP contribution in [0.2, 0.25) is 0 Å². The van der Waals surface area contributed by atoms with Crippen LogP contribution in [-0.2, 0) is 0 Å². The van der Waals surface area contributed by atoms with E-state index in [9.17, 15) is 0 Å². The van der Waals surface area contributed by atoms with Gasteiger partial charge in [0.05, 0.1) is 0 Å². The first kappa shape index (κ1) is 3.94. The highest BCUT2D eigenvalue weighted by Crippen LogP contribution is 2.04. The Hall–Kier alpha value is 0. The molecule has 0 aliphatic rings. The van der Waals surface area contributed by atoms with Gasteiger partial charge in [-0.2, -0.15) is 0 Å². The summed E-state index contributed by atoms with van der Waals surface area (Å²) < 4.78 is 14.8. The zero-order chi connectivity index (χ0) is 7.44. The fourth-order valence-corrected chi connectivity index (χ4v) is 0.408. The maximum Gasteiger partial charge on any atom is 0.0269 e. The highest BCUT2D eigenvalue weighted by molar-refractivity contribution is 4.42. The third-order valence-corrected chi connectivity index (χ3v) is 0.757. The van der Waals surface area contributed by atoms with Gasteiger partial charge in [-0.3, -0.25) is 0 Å². The van der Waals surface area contributed by atoms with Crippen molar-refractivity contribution < 1.29 is 2.74 Å². The maximum atomic E-state index is 7.45. The van der Waals surface area contributed by atoms with Gasteiger partial charge in [0.25, 0.3) is 0 Å². The lowest BCUT2D eigenvalue weighted by atomic mass is 10.1. The monoisotopic (exact) mass is 102 g/mol. The molecule has 0 aromatic rings. The van der Waals surface area contributed by atoms with Gasteiger partial charge in [0, 0.05) is 2.74 Å². The SMILES string of the molecule is [2H]C(CC)C([2H])C(C)C. The summed E-state index contributed by atoms with van der Waals surface area (Å²) >= 11 is 0. The van der Waals surface area contributed by atoms with Gasteiger partial charge in [0.2, 0.25) is 0 Å². The van der Waals surface area contributed by atoms with Gasteiger partial charge in [-0.1, -0.05) is 40.0 Å². The summed E-state index contributed by atoms with van der Waals surface area (Å²) in [5.74, 6) is 0.326. The van der Waals surface area contributed by atoms with E-state index in [2.05, 4.69) is 0 Å². The molecule has 0 rings (SSSR count). The van der Waals surface area contributed by atoms with Crippen molar-refractivity contribution in [2.24, 2.45) is 5.92 Å².